The molecule has 0 aliphatic heterocycles. The van der Waals surface area contributed by atoms with Gasteiger partial charge in [0.15, 0.2) is 0 Å². The molecule has 0 saturated carbocycles. The summed E-state index contributed by atoms with van der Waals surface area (Å²) < 4.78 is 6.97. The molecule has 2 aromatic carbocycles. The summed E-state index contributed by atoms with van der Waals surface area (Å²) in [6.07, 6.45) is 3.12. The fraction of sp³-hybridized carbons (Fsp3) is 0.300. The van der Waals surface area contributed by atoms with E-state index in [4.69, 9.17) is 4.74 Å². The van der Waals surface area contributed by atoms with Gasteiger partial charge in [-0.15, -0.1) is 5.10 Å². The highest BCUT2D eigenvalue weighted by atomic mass is 32.2. The van der Waals surface area contributed by atoms with Crippen LogP contribution in [-0.4, -0.2) is 39.0 Å². The minimum atomic E-state index is -0.0266. The summed E-state index contributed by atoms with van der Waals surface area (Å²) in [7, 11) is 1.60. The largest absolute Gasteiger partial charge is 0.494 e. The summed E-state index contributed by atoms with van der Waals surface area (Å²) >= 11 is 1.30. The van der Waals surface area contributed by atoms with Crippen molar-refractivity contribution in [1.82, 2.24) is 25.5 Å². The van der Waals surface area contributed by atoms with E-state index in [9.17, 15) is 4.79 Å². The molecular formula is C20H21N5O2S. The van der Waals surface area contributed by atoms with Gasteiger partial charge in [0.25, 0.3) is 0 Å². The number of rotatable bonds is 6. The van der Waals surface area contributed by atoms with Crippen molar-refractivity contribution in [3.8, 4) is 11.4 Å². The van der Waals surface area contributed by atoms with Crippen LogP contribution in [0.2, 0.25) is 0 Å². The molecule has 144 valence electrons. The number of amides is 1. The second-order valence-corrected chi connectivity index (χ2v) is 7.49. The molecule has 1 aromatic heterocycles. The second-order valence-electron chi connectivity index (χ2n) is 6.54. The molecule has 1 aliphatic rings. The molecule has 7 nitrogen and oxygen atoms in total. The van der Waals surface area contributed by atoms with E-state index >= 15 is 0 Å². The monoisotopic (exact) mass is 395 g/mol. The van der Waals surface area contributed by atoms with Gasteiger partial charge in [-0.3, -0.25) is 4.79 Å². The lowest BCUT2D eigenvalue weighted by atomic mass is 9.88. The van der Waals surface area contributed by atoms with Crippen LogP contribution in [0.5, 0.6) is 5.75 Å². The molecule has 1 unspecified atom stereocenters. The van der Waals surface area contributed by atoms with E-state index in [2.05, 4.69) is 39.0 Å². The summed E-state index contributed by atoms with van der Waals surface area (Å²) in [5.41, 5.74) is 3.29. The van der Waals surface area contributed by atoms with Gasteiger partial charge in [0.2, 0.25) is 11.1 Å². The van der Waals surface area contributed by atoms with Gasteiger partial charge in [-0.25, -0.2) is 0 Å². The number of hydrogen-bond donors (Lipinski definition) is 1. The second kappa shape index (κ2) is 8.43. The number of aromatic nitrogens is 4. The molecule has 1 heterocycles. The van der Waals surface area contributed by atoms with Crippen molar-refractivity contribution in [2.45, 2.75) is 30.5 Å². The minimum absolute atomic E-state index is 0.0266. The first-order valence-corrected chi connectivity index (χ1v) is 10.2. The third kappa shape index (κ3) is 3.87. The number of benzene rings is 2. The Labute approximate surface area is 167 Å². The number of ether oxygens (including phenoxy) is 1. The molecule has 1 atom stereocenters. The van der Waals surface area contributed by atoms with Crippen LogP contribution < -0.4 is 10.1 Å². The van der Waals surface area contributed by atoms with Crippen molar-refractivity contribution in [2.75, 3.05) is 12.9 Å². The molecule has 3 aromatic rings. The molecule has 0 fully saturated rings. The van der Waals surface area contributed by atoms with Crippen LogP contribution in [0.4, 0.5) is 0 Å². The van der Waals surface area contributed by atoms with Gasteiger partial charge in [-0.2, -0.15) is 4.68 Å². The molecule has 8 heteroatoms. The van der Waals surface area contributed by atoms with Crippen LogP contribution in [0.1, 0.15) is 30.0 Å². The van der Waals surface area contributed by atoms with Crippen molar-refractivity contribution in [2.24, 2.45) is 0 Å². The molecule has 1 amide bonds. The Kier molecular flexibility index (Phi) is 5.57. The zero-order valence-corrected chi connectivity index (χ0v) is 16.4. The van der Waals surface area contributed by atoms with Crippen LogP contribution in [-0.2, 0) is 11.2 Å². The number of para-hydroxylation sites is 2. The average molecular weight is 395 g/mol. The van der Waals surface area contributed by atoms with Crippen molar-refractivity contribution in [1.29, 1.82) is 0 Å². The van der Waals surface area contributed by atoms with Gasteiger partial charge in [0.05, 0.1) is 18.9 Å². The van der Waals surface area contributed by atoms with E-state index in [0.29, 0.717) is 10.9 Å². The van der Waals surface area contributed by atoms with Crippen molar-refractivity contribution in [3.05, 3.63) is 59.7 Å². The summed E-state index contributed by atoms with van der Waals surface area (Å²) in [5.74, 6) is 0.884. The van der Waals surface area contributed by atoms with Gasteiger partial charge >= 0.3 is 0 Å². The number of fused-ring (bicyclic) bond motifs is 1. The van der Waals surface area contributed by atoms with E-state index in [1.807, 2.05) is 30.3 Å². The van der Waals surface area contributed by atoms with Gasteiger partial charge in [0.1, 0.15) is 11.4 Å². The van der Waals surface area contributed by atoms with Crippen molar-refractivity contribution in [3.63, 3.8) is 0 Å². The lowest BCUT2D eigenvalue weighted by Crippen LogP contribution is -2.32. The van der Waals surface area contributed by atoms with Gasteiger partial charge in [-0.1, -0.05) is 48.2 Å². The summed E-state index contributed by atoms with van der Waals surface area (Å²) in [5, 5.41) is 15.5. The van der Waals surface area contributed by atoms with E-state index in [1.54, 1.807) is 11.8 Å². The van der Waals surface area contributed by atoms with E-state index < -0.39 is 0 Å². The topological polar surface area (TPSA) is 81.9 Å². The average Bonchev–Trinajstić information content (AvgIpc) is 3.21. The predicted molar refractivity (Wildman–Crippen MR) is 107 cm³/mol. The number of hydrogen-bond acceptors (Lipinski definition) is 6. The van der Waals surface area contributed by atoms with Crippen LogP contribution in [0, 0.1) is 0 Å². The molecule has 28 heavy (non-hydrogen) atoms. The number of nitrogens with zero attached hydrogens (tertiary/aromatic N) is 4. The highest BCUT2D eigenvalue weighted by molar-refractivity contribution is 7.99. The van der Waals surface area contributed by atoms with E-state index in [0.717, 1.165) is 24.9 Å². The van der Waals surface area contributed by atoms with Crippen LogP contribution in [0.15, 0.2) is 53.7 Å². The number of carbonyl (C=O) groups excluding carboxylic acids is 1. The molecule has 0 saturated heterocycles. The van der Waals surface area contributed by atoms with Crippen LogP contribution in [0.3, 0.4) is 0 Å². The first-order chi connectivity index (χ1) is 13.8. The first kappa shape index (κ1) is 18.5. The Hall–Kier alpha value is -2.87. The number of tetrazole rings is 1. The number of methoxy groups -OCH3 is 1. The molecular weight excluding hydrogens is 374 g/mol. The maximum absolute atomic E-state index is 12.6. The third-order valence-corrected chi connectivity index (χ3v) is 5.71. The zero-order chi connectivity index (χ0) is 19.3. The normalized spacial score (nSPS) is 15.7. The highest BCUT2D eigenvalue weighted by Crippen LogP contribution is 2.30. The SMILES string of the molecule is COc1ccccc1-n1nnnc1SCC(=O)NC1CCCc2ccccc21. The van der Waals surface area contributed by atoms with Crippen molar-refractivity contribution < 1.29 is 9.53 Å². The maximum Gasteiger partial charge on any atom is 0.230 e. The Morgan fingerprint density at radius 2 is 2.07 bits per heavy atom. The molecule has 0 bridgehead atoms. The lowest BCUT2D eigenvalue weighted by Gasteiger charge is -2.26. The van der Waals surface area contributed by atoms with E-state index in [-0.39, 0.29) is 17.7 Å². The van der Waals surface area contributed by atoms with Crippen LogP contribution >= 0.6 is 11.8 Å². The number of aryl methyl sites for hydroxylation is 1. The van der Waals surface area contributed by atoms with Crippen LogP contribution in [0.25, 0.3) is 5.69 Å². The number of carbonyl (C=O) groups is 1. The Morgan fingerprint density at radius 3 is 2.96 bits per heavy atom. The lowest BCUT2D eigenvalue weighted by molar-refractivity contribution is -0.119. The number of thioether (sulfide) groups is 1. The third-order valence-electron chi connectivity index (χ3n) is 4.79. The van der Waals surface area contributed by atoms with Gasteiger partial charge in [-0.05, 0) is 52.9 Å². The maximum atomic E-state index is 12.6. The standard InChI is InChI=1S/C20H21N5O2S/c1-27-18-12-5-4-11-17(18)25-20(22-23-24-25)28-13-19(26)21-16-10-6-8-14-7-2-3-9-15(14)16/h2-5,7,9,11-12,16H,6,8,10,13H2,1H3,(H,21,26). The van der Waals surface area contributed by atoms with E-state index in [1.165, 1.54) is 22.9 Å². The Morgan fingerprint density at radius 1 is 1.25 bits per heavy atom. The highest BCUT2D eigenvalue weighted by Gasteiger charge is 2.22. The predicted octanol–water partition coefficient (Wildman–Crippen LogP) is 2.96. The zero-order valence-electron chi connectivity index (χ0n) is 15.5. The summed E-state index contributed by atoms with van der Waals surface area (Å²) in [4.78, 5) is 12.6. The fourth-order valence-corrected chi connectivity index (χ4v) is 4.19. The molecule has 0 radical (unpaired) electrons. The summed E-state index contributed by atoms with van der Waals surface area (Å²) in [6, 6.07) is 15.9. The van der Waals surface area contributed by atoms with Crippen molar-refractivity contribution >= 4 is 17.7 Å². The fourth-order valence-electron chi connectivity index (χ4n) is 3.49. The quantitative estimate of drug-likeness (QED) is 0.646. The van der Waals surface area contributed by atoms with Gasteiger partial charge in [0, 0.05) is 0 Å². The minimum Gasteiger partial charge on any atom is -0.494 e. The van der Waals surface area contributed by atoms with Gasteiger partial charge < -0.3 is 10.1 Å². The molecule has 1 aliphatic carbocycles. The summed E-state index contributed by atoms with van der Waals surface area (Å²) in [6.45, 7) is 0. The first-order valence-electron chi connectivity index (χ1n) is 9.18. The molecule has 1 N–H and O–H groups in total. The Bertz CT molecular complexity index is 974. The smallest absolute Gasteiger partial charge is 0.230 e. The number of nitrogens with one attached hydrogen (secondary N) is 1. The Balaban J connectivity index is 1.42. The molecule has 4 rings (SSSR count). The molecule has 0 spiro atoms.